The Morgan fingerprint density at radius 3 is 2.26 bits per heavy atom. The molecule has 184 valence electrons. The molecular weight excluding hydrogens is 479 g/mol. The maximum Gasteiger partial charge on any atom is 0.512 e. The van der Waals surface area contributed by atoms with E-state index in [2.05, 4.69) is 0 Å². The maximum absolute atomic E-state index is 13.7. The number of carbonyl (C=O) groups excluding carboxylic acids is 1. The summed E-state index contributed by atoms with van der Waals surface area (Å²) in [6.45, 7) is -0.00554. The molecule has 1 N–H and O–H groups in total. The SMILES string of the molecule is O=C(O)Oc1sc(-c2ccccc2)cc1N(Cc1ccc(C(F)(F)F)cc1)C(=O)C1CCCCC1. The minimum atomic E-state index is -4.46. The minimum Gasteiger partial charge on any atom is -0.449 e. The van der Waals surface area contributed by atoms with Crippen LogP contribution in [0.3, 0.4) is 0 Å². The molecule has 0 aliphatic heterocycles. The molecule has 1 aliphatic carbocycles. The van der Waals surface area contributed by atoms with E-state index in [0.717, 1.165) is 48.3 Å². The molecule has 0 spiro atoms. The summed E-state index contributed by atoms with van der Waals surface area (Å²) in [6.07, 6.45) is -1.65. The molecule has 0 radical (unpaired) electrons. The van der Waals surface area contributed by atoms with Crippen molar-refractivity contribution < 1.29 is 32.6 Å². The predicted octanol–water partition coefficient (Wildman–Crippen LogP) is 7.60. The van der Waals surface area contributed by atoms with Gasteiger partial charge in [0, 0.05) is 10.8 Å². The number of carbonyl (C=O) groups is 2. The first kappa shape index (κ1) is 24.8. The van der Waals surface area contributed by atoms with Gasteiger partial charge in [-0.2, -0.15) is 13.2 Å². The van der Waals surface area contributed by atoms with Gasteiger partial charge in [0.15, 0.2) is 0 Å². The van der Waals surface area contributed by atoms with Gasteiger partial charge in [0.25, 0.3) is 0 Å². The van der Waals surface area contributed by atoms with Crippen LogP contribution in [0.2, 0.25) is 0 Å². The number of rotatable bonds is 6. The highest BCUT2D eigenvalue weighted by atomic mass is 32.1. The van der Waals surface area contributed by atoms with E-state index in [1.54, 1.807) is 6.07 Å². The molecular formula is C26H24F3NO4S. The standard InChI is InChI=1S/C26H24F3NO4S/c27-26(28,29)20-13-11-17(12-14-20)16-30(23(31)19-9-5-2-6-10-19)21-15-22(18-7-3-1-4-8-18)35-24(21)34-25(32)33/h1,3-4,7-8,11-15,19H,2,5-6,9-10,16H2,(H,32,33). The second kappa shape index (κ2) is 10.5. The van der Waals surface area contributed by atoms with Gasteiger partial charge >= 0.3 is 12.3 Å². The average molecular weight is 504 g/mol. The van der Waals surface area contributed by atoms with Gasteiger partial charge in [-0.3, -0.25) is 4.79 Å². The van der Waals surface area contributed by atoms with E-state index in [4.69, 9.17) is 4.74 Å². The van der Waals surface area contributed by atoms with Crippen LogP contribution in [0.5, 0.6) is 5.06 Å². The van der Waals surface area contributed by atoms with Crippen LogP contribution in [0.1, 0.15) is 43.2 Å². The van der Waals surface area contributed by atoms with Crippen LogP contribution < -0.4 is 9.64 Å². The number of alkyl halides is 3. The lowest BCUT2D eigenvalue weighted by atomic mass is 9.88. The number of thiophene rings is 1. The Balaban J connectivity index is 1.74. The van der Waals surface area contributed by atoms with Gasteiger partial charge in [-0.1, -0.05) is 73.1 Å². The van der Waals surface area contributed by atoms with Crippen LogP contribution >= 0.6 is 11.3 Å². The number of amides is 1. The molecule has 0 bridgehead atoms. The van der Waals surface area contributed by atoms with Crippen molar-refractivity contribution in [1.29, 1.82) is 0 Å². The number of anilines is 1. The highest BCUT2D eigenvalue weighted by Gasteiger charge is 2.32. The summed E-state index contributed by atoms with van der Waals surface area (Å²) in [5.74, 6) is -0.423. The third kappa shape index (κ3) is 6.03. The Bertz CT molecular complexity index is 1170. The molecule has 0 unspecified atom stereocenters. The first-order valence-electron chi connectivity index (χ1n) is 11.3. The van der Waals surface area contributed by atoms with Crippen LogP contribution in [-0.2, 0) is 17.5 Å². The maximum atomic E-state index is 13.7. The molecule has 0 atom stereocenters. The van der Waals surface area contributed by atoms with Gasteiger partial charge in [-0.05, 0) is 42.2 Å². The summed E-state index contributed by atoms with van der Waals surface area (Å²) >= 11 is 1.10. The summed E-state index contributed by atoms with van der Waals surface area (Å²) in [6, 6.07) is 15.6. The molecule has 1 aliphatic rings. The Kier molecular flexibility index (Phi) is 7.45. The van der Waals surface area contributed by atoms with Crippen molar-refractivity contribution in [3.05, 3.63) is 71.8 Å². The number of halogens is 3. The van der Waals surface area contributed by atoms with Crippen LogP contribution in [-0.4, -0.2) is 17.2 Å². The fourth-order valence-corrected chi connectivity index (χ4v) is 5.29. The molecule has 1 heterocycles. The number of nitrogens with zero attached hydrogens (tertiary/aromatic N) is 1. The molecule has 9 heteroatoms. The number of hydrogen-bond acceptors (Lipinski definition) is 4. The summed E-state index contributed by atoms with van der Waals surface area (Å²) < 4.78 is 44.1. The molecule has 1 amide bonds. The monoisotopic (exact) mass is 503 g/mol. The van der Waals surface area contributed by atoms with Crippen LogP contribution in [0, 0.1) is 5.92 Å². The topological polar surface area (TPSA) is 66.8 Å². The van der Waals surface area contributed by atoms with Gasteiger partial charge in [0.05, 0.1) is 17.8 Å². The fourth-order valence-electron chi connectivity index (χ4n) is 4.28. The molecule has 4 rings (SSSR count). The number of benzene rings is 2. The molecule has 1 saturated carbocycles. The summed E-state index contributed by atoms with van der Waals surface area (Å²) in [5, 5.41) is 9.36. The van der Waals surface area contributed by atoms with Crippen molar-refractivity contribution in [1.82, 2.24) is 0 Å². The van der Waals surface area contributed by atoms with Crippen molar-refractivity contribution in [2.45, 2.75) is 44.8 Å². The van der Waals surface area contributed by atoms with Crippen molar-refractivity contribution in [3.8, 4) is 15.5 Å². The van der Waals surface area contributed by atoms with E-state index in [0.29, 0.717) is 29.0 Å². The highest BCUT2D eigenvalue weighted by Crippen LogP contribution is 2.44. The van der Waals surface area contributed by atoms with E-state index in [9.17, 15) is 27.9 Å². The third-order valence-electron chi connectivity index (χ3n) is 6.05. The third-order valence-corrected chi connectivity index (χ3v) is 7.10. The molecule has 1 aromatic heterocycles. The van der Waals surface area contributed by atoms with Gasteiger partial charge in [0.2, 0.25) is 11.0 Å². The minimum absolute atomic E-state index is 0.00554. The second-order valence-electron chi connectivity index (χ2n) is 8.47. The largest absolute Gasteiger partial charge is 0.512 e. The van der Waals surface area contributed by atoms with Crippen LogP contribution in [0.15, 0.2) is 60.7 Å². The Morgan fingerprint density at radius 1 is 1.00 bits per heavy atom. The van der Waals surface area contributed by atoms with Gasteiger partial charge in [-0.25, -0.2) is 4.79 Å². The van der Waals surface area contributed by atoms with Crippen molar-refractivity contribution in [2.75, 3.05) is 4.90 Å². The summed E-state index contributed by atoms with van der Waals surface area (Å²) in [5.41, 5.74) is 0.851. The van der Waals surface area contributed by atoms with E-state index in [-0.39, 0.29) is 23.4 Å². The Labute approximate surface area is 204 Å². The Morgan fingerprint density at radius 2 is 1.66 bits per heavy atom. The van der Waals surface area contributed by atoms with Crippen LogP contribution in [0.4, 0.5) is 23.7 Å². The molecule has 2 aromatic carbocycles. The highest BCUT2D eigenvalue weighted by molar-refractivity contribution is 7.18. The Hall–Kier alpha value is -3.33. The average Bonchev–Trinajstić information content (AvgIpc) is 3.25. The second-order valence-corrected chi connectivity index (χ2v) is 9.49. The predicted molar refractivity (Wildman–Crippen MR) is 128 cm³/mol. The lowest BCUT2D eigenvalue weighted by Crippen LogP contribution is -2.36. The van der Waals surface area contributed by atoms with Gasteiger partial charge in [-0.15, -0.1) is 0 Å². The molecule has 35 heavy (non-hydrogen) atoms. The zero-order chi connectivity index (χ0) is 25.0. The smallest absolute Gasteiger partial charge is 0.449 e. The fraction of sp³-hybridized carbons (Fsp3) is 0.308. The van der Waals surface area contributed by atoms with Crippen molar-refractivity contribution >= 4 is 29.1 Å². The van der Waals surface area contributed by atoms with Crippen molar-refractivity contribution in [2.24, 2.45) is 5.92 Å². The number of hydrogen-bond donors (Lipinski definition) is 1. The van der Waals surface area contributed by atoms with Gasteiger partial charge in [0.1, 0.15) is 0 Å². The van der Waals surface area contributed by atoms with E-state index in [1.165, 1.54) is 17.0 Å². The zero-order valence-corrected chi connectivity index (χ0v) is 19.6. The van der Waals surface area contributed by atoms with E-state index < -0.39 is 17.9 Å². The lowest BCUT2D eigenvalue weighted by Gasteiger charge is -2.29. The molecule has 5 nitrogen and oxygen atoms in total. The molecule has 3 aromatic rings. The summed E-state index contributed by atoms with van der Waals surface area (Å²) in [7, 11) is 0. The first-order chi connectivity index (χ1) is 16.7. The number of ether oxygens (including phenoxy) is 1. The quantitative estimate of drug-likeness (QED) is 0.352. The van der Waals surface area contributed by atoms with E-state index in [1.807, 2.05) is 30.3 Å². The molecule has 1 fully saturated rings. The zero-order valence-electron chi connectivity index (χ0n) is 18.8. The summed E-state index contributed by atoms with van der Waals surface area (Å²) in [4.78, 5) is 27.3. The lowest BCUT2D eigenvalue weighted by molar-refractivity contribution is -0.137. The van der Waals surface area contributed by atoms with Crippen molar-refractivity contribution in [3.63, 3.8) is 0 Å². The first-order valence-corrected chi connectivity index (χ1v) is 12.1. The van der Waals surface area contributed by atoms with E-state index >= 15 is 0 Å². The molecule has 0 saturated heterocycles. The van der Waals surface area contributed by atoms with Gasteiger partial charge < -0.3 is 14.7 Å². The van der Waals surface area contributed by atoms with Crippen LogP contribution in [0.25, 0.3) is 10.4 Å². The number of carboxylic acid groups (broad SMARTS) is 1. The normalized spacial score (nSPS) is 14.5.